The Bertz CT molecular complexity index is 355. The SMILES string of the molecule is CC(CC(=O)O)c1cc(Cl)cnc1N. The topological polar surface area (TPSA) is 76.2 Å². The van der Waals surface area contributed by atoms with Crippen molar-refractivity contribution < 1.29 is 9.90 Å². The predicted octanol–water partition coefficient (Wildman–Crippen LogP) is 1.90. The normalized spacial score (nSPS) is 12.4. The van der Waals surface area contributed by atoms with E-state index in [1.165, 1.54) is 6.20 Å². The number of rotatable bonds is 3. The smallest absolute Gasteiger partial charge is 0.303 e. The van der Waals surface area contributed by atoms with Crippen molar-refractivity contribution in [1.82, 2.24) is 4.98 Å². The van der Waals surface area contributed by atoms with E-state index in [2.05, 4.69) is 4.98 Å². The number of carboxylic acid groups (broad SMARTS) is 1. The summed E-state index contributed by atoms with van der Waals surface area (Å²) in [7, 11) is 0. The van der Waals surface area contributed by atoms with Gasteiger partial charge in [0.1, 0.15) is 5.82 Å². The summed E-state index contributed by atoms with van der Waals surface area (Å²) in [5.41, 5.74) is 6.28. The van der Waals surface area contributed by atoms with Gasteiger partial charge in [-0.3, -0.25) is 4.79 Å². The lowest BCUT2D eigenvalue weighted by molar-refractivity contribution is -0.137. The Kier molecular flexibility index (Phi) is 3.30. The molecule has 1 aromatic heterocycles. The molecule has 1 heterocycles. The number of aliphatic carboxylic acids is 1. The zero-order valence-electron chi connectivity index (χ0n) is 7.70. The molecule has 0 aliphatic carbocycles. The van der Waals surface area contributed by atoms with Crippen molar-refractivity contribution in [3.63, 3.8) is 0 Å². The molecule has 0 amide bonds. The number of nitrogen functional groups attached to an aromatic ring is 1. The molecule has 3 N–H and O–H groups in total. The van der Waals surface area contributed by atoms with Crippen LogP contribution in [0.25, 0.3) is 0 Å². The molecule has 0 radical (unpaired) electrons. The number of halogens is 1. The molecule has 0 aliphatic heterocycles. The summed E-state index contributed by atoms with van der Waals surface area (Å²) in [4.78, 5) is 14.3. The number of carbonyl (C=O) groups is 1. The van der Waals surface area contributed by atoms with Gasteiger partial charge in [-0.2, -0.15) is 0 Å². The van der Waals surface area contributed by atoms with Gasteiger partial charge in [-0.25, -0.2) is 4.98 Å². The van der Waals surface area contributed by atoms with Crippen molar-refractivity contribution in [1.29, 1.82) is 0 Å². The highest BCUT2D eigenvalue weighted by atomic mass is 35.5. The van der Waals surface area contributed by atoms with E-state index >= 15 is 0 Å². The molecule has 1 rings (SSSR count). The van der Waals surface area contributed by atoms with Crippen LogP contribution in [0.5, 0.6) is 0 Å². The number of aromatic nitrogens is 1. The van der Waals surface area contributed by atoms with Crippen LogP contribution in [0.1, 0.15) is 24.8 Å². The van der Waals surface area contributed by atoms with Crippen molar-refractivity contribution in [2.45, 2.75) is 19.3 Å². The molecule has 0 aliphatic rings. The summed E-state index contributed by atoms with van der Waals surface area (Å²) in [6, 6.07) is 1.65. The highest BCUT2D eigenvalue weighted by molar-refractivity contribution is 6.30. The van der Waals surface area contributed by atoms with Gasteiger partial charge in [0.15, 0.2) is 0 Å². The predicted molar refractivity (Wildman–Crippen MR) is 54.3 cm³/mol. The van der Waals surface area contributed by atoms with E-state index in [1.54, 1.807) is 13.0 Å². The lowest BCUT2D eigenvalue weighted by Crippen LogP contribution is -2.06. The lowest BCUT2D eigenvalue weighted by atomic mass is 9.99. The fourth-order valence-electron chi connectivity index (χ4n) is 1.23. The van der Waals surface area contributed by atoms with Gasteiger partial charge in [0.2, 0.25) is 0 Å². The van der Waals surface area contributed by atoms with Crippen molar-refractivity contribution in [3.8, 4) is 0 Å². The minimum atomic E-state index is -0.864. The van der Waals surface area contributed by atoms with Gasteiger partial charge >= 0.3 is 5.97 Å². The molecule has 14 heavy (non-hydrogen) atoms. The van der Waals surface area contributed by atoms with Gasteiger partial charge in [-0.1, -0.05) is 18.5 Å². The molecule has 1 atom stereocenters. The van der Waals surface area contributed by atoms with Gasteiger partial charge in [-0.15, -0.1) is 0 Å². The summed E-state index contributed by atoms with van der Waals surface area (Å²) < 4.78 is 0. The summed E-state index contributed by atoms with van der Waals surface area (Å²) in [5.74, 6) is -0.710. The minimum Gasteiger partial charge on any atom is -0.481 e. The third kappa shape index (κ3) is 2.60. The number of carboxylic acids is 1. The lowest BCUT2D eigenvalue weighted by Gasteiger charge is -2.11. The van der Waals surface area contributed by atoms with Gasteiger partial charge in [-0.05, 0) is 17.5 Å². The molecule has 0 saturated carbocycles. The molecule has 76 valence electrons. The van der Waals surface area contributed by atoms with Crippen LogP contribution in [0.4, 0.5) is 5.82 Å². The molecular weight excluding hydrogens is 204 g/mol. The maximum atomic E-state index is 10.5. The summed E-state index contributed by atoms with van der Waals surface area (Å²) in [6.07, 6.45) is 1.46. The standard InChI is InChI=1S/C9H11ClN2O2/c1-5(2-8(13)14)7-3-6(10)4-12-9(7)11/h3-5H,2H2,1H3,(H2,11,12)(H,13,14). The third-order valence-corrected chi connectivity index (χ3v) is 2.13. The second-order valence-corrected chi connectivity index (χ2v) is 3.56. The zero-order valence-corrected chi connectivity index (χ0v) is 8.45. The fraction of sp³-hybridized carbons (Fsp3) is 0.333. The quantitative estimate of drug-likeness (QED) is 0.806. The highest BCUT2D eigenvalue weighted by Crippen LogP contribution is 2.25. The summed E-state index contributed by atoms with van der Waals surface area (Å²) in [5, 5.41) is 9.08. The van der Waals surface area contributed by atoms with E-state index in [4.69, 9.17) is 22.4 Å². The number of anilines is 1. The molecule has 1 aromatic rings. The average Bonchev–Trinajstić information content (AvgIpc) is 2.08. The van der Waals surface area contributed by atoms with Crippen molar-refractivity contribution in [3.05, 3.63) is 22.8 Å². The molecule has 0 aromatic carbocycles. The van der Waals surface area contributed by atoms with Gasteiger partial charge in [0, 0.05) is 6.20 Å². The minimum absolute atomic E-state index is 0.0201. The number of pyridine rings is 1. The first kappa shape index (κ1) is 10.8. The van der Waals surface area contributed by atoms with Crippen LogP contribution < -0.4 is 5.73 Å². The maximum absolute atomic E-state index is 10.5. The summed E-state index contributed by atoms with van der Waals surface area (Å²) >= 11 is 5.73. The highest BCUT2D eigenvalue weighted by Gasteiger charge is 2.13. The van der Waals surface area contributed by atoms with Crippen LogP contribution >= 0.6 is 11.6 Å². The first-order valence-electron chi connectivity index (χ1n) is 4.13. The Labute approximate surface area is 86.7 Å². The Morgan fingerprint density at radius 1 is 1.79 bits per heavy atom. The van der Waals surface area contributed by atoms with Crippen LogP contribution in [0.2, 0.25) is 5.02 Å². The first-order chi connectivity index (χ1) is 6.50. The Morgan fingerprint density at radius 2 is 2.43 bits per heavy atom. The fourth-order valence-corrected chi connectivity index (χ4v) is 1.40. The van der Waals surface area contributed by atoms with Crippen LogP contribution in [0.15, 0.2) is 12.3 Å². The zero-order chi connectivity index (χ0) is 10.7. The Balaban J connectivity index is 2.93. The van der Waals surface area contributed by atoms with Crippen molar-refractivity contribution in [2.24, 2.45) is 0 Å². The molecule has 5 heteroatoms. The number of hydrogen-bond donors (Lipinski definition) is 2. The van der Waals surface area contributed by atoms with Crippen LogP contribution in [-0.2, 0) is 4.79 Å². The summed E-state index contributed by atoms with van der Waals surface area (Å²) in [6.45, 7) is 1.78. The van der Waals surface area contributed by atoms with Crippen LogP contribution in [0, 0.1) is 0 Å². The van der Waals surface area contributed by atoms with E-state index < -0.39 is 5.97 Å². The maximum Gasteiger partial charge on any atom is 0.303 e. The number of nitrogens with zero attached hydrogens (tertiary/aromatic N) is 1. The molecular formula is C9H11ClN2O2. The van der Waals surface area contributed by atoms with Crippen LogP contribution in [0.3, 0.4) is 0 Å². The van der Waals surface area contributed by atoms with Crippen molar-refractivity contribution >= 4 is 23.4 Å². The van der Waals surface area contributed by atoms with Crippen LogP contribution in [-0.4, -0.2) is 16.1 Å². The van der Waals surface area contributed by atoms with Gasteiger partial charge < -0.3 is 10.8 Å². The van der Waals surface area contributed by atoms with Gasteiger partial charge in [0.25, 0.3) is 0 Å². The molecule has 1 unspecified atom stereocenters. The van der Waals surface area contributed by atoms with E-state index in [1.807, 2.05) is 0 Å². The van der Waals surface area contributed by atoms with E-state index in [0.717, 1.165) is 0 Å². The third-order valence-electron chi connectivity index (χ3n) is 1.93. The Morgan fingerprint density at radius 3 is 3.00 bits per heavy atom. The first-order valence-corrected chi connectivity index (χ1v) is 4.51. The second-order valence-electron chi connectivity index (χ2n) is 3.13. The molecule has 0 spiro atoms. The Hall–Kier alpha value is -1.29. The average molecular weight is 215 g/mol. The molecule has 0 saturated heterocycles. The van der Waals surface area contributed by atoms with E-state index in [-0.39, 0.29) is 12.3 Å². The van der Waals surface area contributed by atoms with E-state index in [9.17, 15) is 4.79 Å². The monoisotopic (exact) mass is 214 g/mol. The largest absolute Gasteiger partial charge is 0.481 e. The number of nitrogens with two attached hydrogens (primary N) is 1. The van der Waals surface area contributed by atoms with Crippen molar-refractivity contribution in [2.75, 3.05) is 5.73 Å². The molecule has 4 nitrogen and oxygen atoms in total. The molecule has 0 fully saturated rings. The number of hydrogen-bond acceptors (Lipinski definition) is 3. The second kappa shape index (κ2) is 4.28. The van der Waals surface area contributed by atoms with Gasteiger partial charge in [0.05, 0.1) is 11.4 Å². The van der Waals surface area contributed by atoms with E-state index in [0.29, 0.717) is 16.4 Å². The molecule has 0 bridgehead atoms.